The van der Waals surface area contributed by atoms with E-state index in [1.54, 1.807) is 0 Å². The summed E-state index contributed by atoms with van der Waals surface area (Å²) in [4.78, 5) is 0. The lowest BCUT2D eigenvalue weighted by Crippen LogP contribution is -2.43. The predicted octanol–water partition coefficient (Wildman–Crippen LogP) is 2.54. The molecule has 1 aromatic rings. The smallest absolute Gasteiger partial charge is 0.126 e. The maximum atomic E-state index is 6.11. The zero-order chi connectivity index (χ0) is 13.1. The van der Waals surface area contributed by atoms with Gasteiger partial charge in [-0.15, -0.1) is 0 Å². The Morgan fingerprint density at radius 2 is 2.11 bits per heavy atom. The molecule has 2 aliphatic rings. The third-order valence-electron chi connectivity index (χ3n) is 4.28. The van der Waals surface area contributed by atoms with Gasteiger partial charge in [-0.3, -0.25) is 0 Å². The van der Waals surface area contributed by atoms with Gasteiger partial charge in [0.05, 0.1) is 12.7 Å². The minimum atomic E-state index is 0.192. The molecule has 0 saturated heterocycles. The third kappa shape index (κ3) is 2.93. The van der Waals surface area contributed by atoms with E-state index in [4.69, 9.17) is 9.47 Å². The minimum absolute atomic E-state index is 0.192. The summed E-state index contributed by atoms with van der Waals surface area (Å²) in [5, 5.41) is 3.38. The van der Waals surface area contributed by atoms with Gasteiger partial charge in [0.2, 0.25) is 0 Å². The lowest BCUT2D eigenvalue weighted by molar-refractivity contribution is -0.0254. The van der Waals surface area contributed by atoms with Crippen LogP contribution in [0.3, 0.4) is 0 Å². The normalized spacial score (nSPS) is 29.8. The Morgan fingerprint density at radius 3 is 2.95 bits per heavy atom. The largest absolute Gasteiger partial charge is 0.487 e. The highest BCUT2D eigenvalue weighted by atomic mass is 16.5. The van der Waals surface area contributed by atoms with Crippen LogP contribution in [0.1, 0.15) is 31.2 Å². The molecule has 3 atom stereocenters. The Kier molecular flexibility index (Phi) is 4.04. The summed E-state index contributed by atoms with van der Waals surface area (Å²) in [5.41, 5.74) is 1.31. The molecule has 0 aromatic heterocycles. The van der Waals surface area contributed by atoms with E-state index >= 15 is 0 Å². The molecular formula is C16H23NO2. The van der Waals surface area contributed by atoms with E-state index in [9.17, 15) is 0 Å². The molecule has 0 bridgehead atoms. The molecule has 104 valence electrons. The van der Waals surface area contributed by atoms with Crippen molar-refractivity contribution in [3.63, 3.8) is 0 Å². The van der Waals surface area contributed by atoms with Gasteiger partial charge in [-0.05, 0) is 31.5 Å². The summed E-state index contributed by atoms with van der Waals surface area (Å²) in [7, 11) is 2.04. The summed E-state index contributed by atoms with van der Waals surface area (Å²) in [6.45, 7) is 0.706. The van der Waals surface area contributed by atoms with Crippen molar-refractivity contribution < 1.29 is 9.47 Å². The van der Waals surface area contributed by atoms with Crippen molar-refractivity contribution in [3.8, 4) is 5.75 Å². The fourth-order valence-electron chi connectivity index (χ4n) is 3.20. The van der Waals surface area contributed by atoms with Gasteiger partial charge < -0.3 is 14.8 Å². The van der Waals surface area contributed by atoms with Crippen LogP contribution in [0.15, 0.2) is 24.3 Å². The van der Waals surface area contributed by atoms with E-state index in [1.807, 2.05) is 19.2 Å². The molecule has 3 nitrogen and oxygen atoms in total. The van der Waals surface area contributed by atoms with Crippen molar-refractivity contribution >= 4 is 0 Å². The number of fused-ring (bicyclic) bond motifs is 1. The average molecular weight is 261 g/mol. The zero-order valence-corrected chi connectivity index (χ0v) is 11.6. The minimum Gasteiger partial charge on any atom is -0.487 e. The molecule has 1 saturated carbocycles. The van der Waals surface area contributed by atoms with Gasteiger partial charge in [-0.1, -0.05) is 31.0 Å². The SMILES string of the molecule is CNC1CCCCC1OCC1Cc2ccccc2O1. The molecule has 3 heteroatoms. The van der Waals surface area contributed by atoms with Gasteiger partial charge in [-0.25, -0.2) is 0 Å². The molecule has 19 heavy (non-hydrogen) atoms. The van der Waals surface area contributed by atoms with Gasteiger partial charge in [-0.2, -0.15) is 0 Å². The van der Waals surface area contributed by atoms with Crippen molar-refractivity contribution in [3.05, 3.63) is 29.8 Å². The molecule has 1 aliphatic heterocycles. The molecular weight excluding hydrogens is 238 g/mol. The van der Waals surface area contributed by atoms with E-state index in [1.165, 1.54) is 31.2 Å². The Labute approximate surface area is 115 Å². The molecule has 3 unspecified atom stereocenters. The van der Waals surface area contributed by atoms with Crippen molar-refractivity contribution in [2.75, 3.05) is 13.7 Å². The molecule has 1 fully saturated rings. The molecule has 0 radical (unpaired) electrons. The van der Waals surface area contributed by atoms with Crippen LogP contribution >= 0.6 is 0 Å². The first-order valence-corrected chi connectivity index (χ1v) is 7.40. The summed E-state index contributed by atoms with van der Waals surface area (Å²) < 4.78 is 12.0. The van der Waals surface area contributed by atoms with Crippen molar-refractivity contribution in [2.45, 2.75) is 50.4 Å². The van der Waals surface area contributed by atoms with Crippen molar-refractivity contribution in [1.29, 1.82) is 0 Å². The summed E-state index contributed by atoms with van der Waals surface area (Å²) in [6, 6.07) is 8.81. The third-order valence-corrected chi connectivity index (χ3v) is 4.28. The number of para-hydroxylation sites is 1. The lowest BCUT2D eigenvalue weighted by atomic mass is 9.92. The Hall–Kier alpha value is -1.06. The van der Waals surface area contributed by atoms with Crippen LogP contribution in [0.5, 0.6) is 5.75 Å². The second kappa shape index (κ2) is 5.93. The number of hydrogen-bond donors (Lipinski definition) is 1. The van der Waals surface area contributed by atoms with E-state index in [-0.39, 0.29) is 6.10 Å². The quantitative estimate of drug-likeness (QED) is 0.903. The van der Waals surface area contributed by atoms with Gasteiger partial charge in [0, 0.05) is 12.5 Å². The molecule has 3 rings (SSSR count). The van der Waals surface area contributed by atoms with E-state index in [0.29, 0.717) is 18.8 Å². The fourth-order valence-corrected chi connectivity index (χ4v) is 3.20. The van der Waals surface area contributed by atoms with E-state index in [0.717, 1.165) is 12.2 Å². The number of benzene rings is 1. The summed E-state index contributed by atoms with van der Waals surface area (Å²) in [5.74, 6) is 1.03. The van der Waals surface area contributed by atoms with Gasteiger partial charge in [0.25, 0.3) is 0 Å². The maximum Gasteiger partial charge on any atom is 0.126 e. The summed E-state index contributed by atoms with van der Waals surface area (Å²) >= 11 is 0. The monoisotopic (exact) mass is 261 g/mol. The number of likely N-dealkylation sites (N-methyl/N-ethyl adjacent to an activating group) is 1. The molecule has 1 aromatic carbocycles. The van der Waals surface area contributed by atoms with Crippen LogP contribution < -0.4 is 10.1 Å². The number of rotatable bonds is 4. The lowest BCUT2D eigenvalue weighted by Gasteiger charge is -2.31. The standard InChI is InChI=1S/C16H23NO2/c1-17-14-7-3-5-9-16(14)18-11-13-10-12-6-2-4-8-15(12)19-13/h2,4,6,8,13-14,16-17H,3,5,7,9-11H2,1H3. The van der Waals surface area contributed by atoms with Gasteiger partial charge >= 0.3 is 0 Å². The van der Waals surface area contributed by atoms with Crippen molar-refractivity contribution in [2.24, 2.45) is 0 Å². The average Bonchev–Trinajstić information content (AvgIpc) is 2.88. The molecule has 1 N–H and O–H groups in total. The van der Waals surface area contributed by atoms with Gasteiger partial charge in [0.1, 0.15) is 11.9 Å². The predicted molar refractivity (Wildman–Crippen MR) is 75.6 cm³/mol. The highest BCUT2D eigenvalue weighted by molar-refractivity contribution is 5.37. The Balaban J connectivity index is 1.51. The van der Waals surface area contributed by atoms with Crippen LogP contribution in [0, 0.1) is 0 Å². The first-order chi connectivity index (χ1) is 9.36. The fraction of sp³-hybridized carbons (Fsp3) is 0.625. The molecule has 0 amide bonds. The number of nitrogens with one attached hydrogen (secondary N) is 1. The highest BCUT2D eigenvalue weighted by Gasteiger charge is 2.28. The molecule has 1 aliphatic carbocycles. The second-order valence-electron chi connectivity index (χ2n) is 5.60. The topological polar surface area (TPSA) is 30.5 Å². The van der Waals surface area contributed by atoms with Crippen LogP contribution in [-0.2, 0) is 11.2 Å². The van der Waals surface area contributed by atoms with Crippen LogP contribution in [0.2, 0.25) is 0 Å². The second-order valence-corrected chi connectivity index (χ2v) is 5.60. The van der Waals surface area contributed by atoms with Crippen LogP contribution in [0.25, 0.3) is 0 Å². The Morgan fingerprint density at radius 1 is 1.26 bits per heavy atom. The summed E-state index contributed by atoms with van der Waals surface area (Å²) in [6.07, 6.45) is 6.53. The van der Waals surface area contributed by atoms with Crippen LogP contribution in [0.4, 0.5) is 0 Å². The Bertz CT molecular complexity index is 396. The first kappa shape index (κ1) is 12.9. The molecule has 0 spiro atoms. The van der Waals surface area contributed by atoms with Gasteiger partial charge in [0.15, 0.2) is 0 Å². The first-order valence-electron chi connectivity index (χ1n) is 7.40. The van der Waals surface area contributed by atoms with Crippen molar-refractivity contribution in [1.82, 2.24) is 5.32 Å². The highest BCUT2D eigenvalue weighted by Crippen LogP contribution is 2.29. The zero-order valence-electron chi connectivity index (χ0n) is 11.6. The maximum absolute atomic E-state index is 6.11. The van der Waals surface area contributed by atoms with E-state index in [2.05, 4.69) is 17.4 Å². The number of ether oxygens (including phenoxy) is 2. The van der Waals surface area contributed by atoms with E-state index < -0.39 is 0 Å². The number of hydrogen-bond acceptors (Lipinski definition) is 3. The molecule has 1 heterocycles. The van der Waals surface area contributed by atoms with Crippen LogP contribution in [-0.4, -0.2) is 31.9 Å².